The zero-order valence-corrected chi connectivity index (χ0v) is 8.51. The lowest BCUT2D eigenvalue weighted by Gasteiger charge is -2.06. The van der Waals surface area contributed by atoms with Crippen LogP contribution >= 0.6 is 0 Å². The van der Waals surface area contributed by atoms with Crippen molar-refractivity contribution in [1.29, 1.82) is 0 Å². The Morgan fingerprint density at radius 2 is 1.50 bits per heavy atom. The van der Waals surface area contributed by atoms with Gasteiger partial charge in [0.25, 0.3) is 0 Å². The molecule has 0 aromatic heterocycles. The van der Waals surface area contributed by atoms with E-state index in [1.54, 1.807) is 24.3 Å². The van der Waals surface area contributed by atoms with Crippen LogP contribution in [0.4, 0.5) is 0 Å². The van der Waals surface area contributed by atoms with Crippen LogP contribution in [0.3, 0.4) is 0 Å². The number of phenolic OH excluding ortho intramolecular Hbond substituents is 2. The van der Waals surface area contributed by atoms with Gasteiger partial charge in [-0.05, 0) is 40.4 Å². The summed E-state index contributed by atoms with van der Waals surface area (Å²) in [5.41, 5.74) is 0. The van der Waals surface area contributed by atoms with Crippen molar-refractivity contribution in [2.45, 2.75) is 0 Å². The molecule has 0 aliphatic rings. The number of hydrogen-bond donors (Lipinski definition) is 2. The second kappa shape index (κ2) is 3.14. The number of hydrogen-bond acceptors (Lipinski definition) is 2. The van der Waals surface area contributed by atoms with Crippen molar-refractivity contribution in [2.24, 2.45) is 0 Å². The van der Waals surface area contributed by atoms with Crippen molar-refractivity contribution in [3.63, 3.8) is 0 Å². The molecule has 3 aromatic carbocycles. The Bertz CT molecular complexity index is 687. The van der Waals surface area contributed by atoms with E-state index in [0.29, 0.717) is 0 Å². The van der Waals surface area contributed by atoms with Crippen LogP contribution in [0.5, 0.6) is 11.5 Å². The van der Waals surface area contributed by atoms with E-state index < -0.39 is 0 Å². The van der Waals surface area contributed by atoms with Gasteiger partial charge in [0.15, 0.2) is 0 Å². The molecule has 16 heavy (non-hydrogen) atoms. The normalized spacial score (nSPS) is 11.0. The van der Waals surface area contributed by atoms with Gasteiger partial charge in [0.05, 0.1) is 0 Å². The lowest BCUT2D eigenvalue weighted by Crippen LogP contribution is -1.78. The number of benzene rings is 3. The van der Waals surface area contributed by atoms with Crippen molar-refractivity contribution < 1.29 is 10.2 Å². The van der Waals surface area contributed by atoms with Gasteiger partial charge in [-0.25, -0.2) is 0 Å². The van der Waals surface area contributed by atoms with Gasteiger partial charge < -0.3 is 10.2 Å². The van der Waals surface area contributed by atoms with Crippen molar-refractivity contribution >= 4 is 21.5 Å². The molecule has 3 rings (SSSR count). The number of phenols is 2. The van der Waals surface area contributed by atoms with Crippen LogP contribution in [-0.4, -0.2) is 10.2 Å². The Labute approximate surface area is 92.4 Å². The number of rotatable bonds is 0. The predicted molar refractivity (Wildman–Crippen MR) is 64.8 cm³/mol. The van der Waals surface area contributed by atoms with E-state index in [0.717, 1.165) is 21.5 Å². The topological polar surface area (TPSA) is 40.5 Å². The Balaban J connectivity index is 2.61. The maximum Gasteiger partial charge on any atom is 0.124 e. The molecule has 0 heterocycles. The smallest absolute Gasteiger partial charge is 0.124 e. The van der Waals surface area contributed by atoms with E-state index in [4.69, 9.17) is 0 Å². The summed E-state index contributed by atoms with van der Waals surface area (Å²) in [4.78, 5) is 0. The van der Waals surface area contributed by atoms with Gasteiger partial charge >= 0.3 is 0 Å². The van der Waals surface area contributed by atoms with Crippen LogP contribution in [-0.2, 0) is 0 Å². The average Bonchev–Trinajstić information content (AvgIpc) is 2.29. The van der Waals surface area contributed by atoms with E-state index in [-0.39, 0.29) is 11.5 Å². The molecule has 0 atom stereocenters. The monoisotopic (exact) mass is 210 g/mol. The molecule has 0 amide bonds. The largest absolute Gasteiger partial charge is 0.508 e. The summed E-state index contributed by atoms with van der Waals surface area (Å²) in [6, 6.07) is 14.5. The summed E-state index contributed by atoms with van der Waals surface area (Å²) < 4.78 is 0. The molecular formula is C14H10O2. The van der Waals surface area contributed by atoms with Gasteiger partial charge in [-0.3, -0.25) is 0 Å². The third-order valence-electron chi connectivity index (χ3n) is 2.82. The summed E-state index contributed by atoms with van der Waals surface area (Å²) in [5, 5.41) is 23.0. The van der Waals surface area contributed by atoms with Gasteiger partial charge in [-0.2, -0.15) is 0 Å². The van der Waals surface area contributed by atoms with Gasteiger partial charge in [-0.15, -0.1) is 0 Å². The first-order chi connectivity index (χ1) is 7.75. The summed E-state index contributed by atoms with van der Waals surface area (Å²) in [7, 11) is 0. The molecule has 0 unspecified atom stereocenters. The first-order valence-corrected chi connectivity index (χ1v) is 5.09. The molecule has 78 valence electrons. The molecule has 0 spiro atoms. The molecule has 0 aliphatic heterocycles. The highest BCUT2D eigenvalue weighted by Crippen LogP contribution is 2.34. The van der Waals surface area contributed by atoms with Crippen molar-refractivity contribution in [1.82, 2.24) is 0 Å². The van der Waals surface area contributed by atoms with Crippen LogP contribution in [0.1, 0.15) is 0 Å². The molecule has 0 aliphatic carbocycles. The minimum atomic E-state index is 0.211. The third kappa shape index (κ3) is 1.20. The minimum absolute atomic E-state index is 0.211. The zero-order chi connectivity index (χ0) is 11.1. The van der Waals surface area contributed by atoms with Gasteiger partial charge in [0.1, 0.15) is 11.5 Å². The van der Waals surface area contributed by atoms with Crippen LogP contribution in [0.15, 0.2) is 48.5 Å². The van der Waals surface area contributed by atoms with Crippen LogP contribution in [0.25, 0.3) is 21.5 Å². The first kappa shape index (κ1) is 9.04. The quantitative estimate of drug-likeness (QED) is 0.558. The summed E-state index contributed by atoms with van der Waals surface area (Å²) >= 11 is 0. The molecule has 3 aromatic rings. The standard InChI is InChI=1S/C14H10O2/c15-10-5-6-12-13(8-10)11-4-2-1-3-9(11)7-14(12)16/h1-8,15-16H. The Kier molecular flexibility index (Phi) is 1.77. The van der Waals surface area contributed by atoms with Crippen LogP contribution < -0.4 is 0 Å². The summed E-state index contributed by atoms with van der Waals surface area (Å²) in [6.45, 7) is 0. The summed E-state index contributed by atoms with van der Waals surface area (Å²) in [5.74, 6) is 0.456. The van der Waals surface area contributed by atoms with E-state index in [9.17, 15) is 10.2 Å². The van der Waals surface area contributed by atoms with Gasteiger partial charge in [-0.1, -0.05) is 24.3 Å². The molecule has 2 nitrogen and oxygen atoms in total. The maximum absolute atomic E-state index is 9.88. The highest BCUT2D eigenvalue weighted by atomic mass is 16.3. The Hall–Kier alpha value is -2.22. The lowest BCUT2D eigenvalue weighted by molar-refractivity contribution is 0.475. The van der Waals surface area contributed by atoms with Gasteiger partial charge in [0, 0.05) is 5.39 Å². The predicted octanol–water partition coefficient (Wildman–Crippen LogP) is 3.40. The van der Waals surface area contributed by atoms with Gasteiger partial charge in [0.2, 0.25) is 0 Å². The van der Waals surface area contributed by atoms with Crippen molar-refractivity contribution in [3.05, 3.63) is 48.5 Å². The first-order valence-electron chi connectivity index (χ1n) is 5.09. The Morgan fingerprint density at radius 3 is 2.38 bits per heavy atom. The molecule has 0 fully saturated rings. The fourth-order valence-corrected chi connectivity index (χ4v) is 2.07. The molecule has 2 N–H and O–H groups in total. The van der Waals surface area contributed by atoms with E-state index >= 15 is 0 Å². The van der Waals surface area contributed by atoms with E-state index in [2.05, 4.69) is 0 Å². The maximum atomic E-state index is 9.88. The fourth-order valence-electron chi connectivity index (χ4n) is 2.07. The number of fused-ring (bicyclic) bond motifs is 3. The second-order valence-corrected chi connectivity index (χ2v) is 3.85. The van der Waals surface area contributed by atoms with E-state index in [1.165, 1.54) is 0 Å². The molecule has 0 saturated carbocycles. The number of aromatic hydroxyl groups is 2. The molecule has 0 saturated heterocycles. The molecular weight excluding hydrogens is 200 g/mol. The fraction of sp³-hybridized carbons (Fsp3) is 0. The SMILES string of the molecule is Oc1ccc2c(O)cc3ccccc3c2c1. The highest BCUT2D eigenvalue weighted by Gasteiger charge is 2.05. The van der Waals surface area contributed by atoms with E-state index in [1.807, 2.05) is 24.3 Å². The van der Waals surface area contributed by atoms with Crippen LogP contribution in [0.2, 0.25) is 0 Å². The second-order valence-electron chi connectivity index (χ2n) is 3.85. The average molecular weight is 210 g/mol. The highest BCUT2D eigenvalue weighted by molar-refractivity contribution is 6.10. The zero-order valence-electron chi connectivity index (χ0n) is 8.51. The van der Waals surface area contributed by atoms with Crippen molar-refractivity contribution in [2.75, 3.05) is 0 Å². The molecule has 2 heteroatoms. The Morgan fingerprint density at radius 1 is 0.688 bits per heavy atom. The van der Waals surface area contributed by atoms with Crippen molar-refractivity contribution in [3.8, 4) is 11.5 Å². The minimum Gasteiger partial charge on any atom is -0.508 e. The van der Waals surface area contributed by atoms with Crippen LogP contribution in [0, 0.1) is 0 Å². The molecule has 0 bridgehead atoms. The third-order valence-corrected chi connectivity index (χ3v) is 2.82. The lowest BCUT2D eigenvalue weighted by atomic mass is 10.0. The summed E-state index contributed by atoms with van der Waals surface area (Å²) in [6.07, 6.45) is 0. The molecule has 0 radical (unpaired) electrons.